The number of carbonyl (C=O) groups excluding carboxylic acids is 1. The van der Waals surface area contributed by atoms with Gasteiger partial charge in [-0.3, -0.25) is 4.79 Å². The van der Waals surface area contributed by atoms with Crippen molar-refractivity contribution >= 4 is 17.5 Å². The number of alkyl halides is 2. The molecule has 2 aromatic carbocycles. The summed E-state index contributed by atoms with van der Waals surface area (Å²) in [4.78, 5) is 12.6. The lowest BCUT2D eigenvalue weighted by Crippen LogP contribution is -2.10. The Balaban J connectivity index is 1.78. The number of rotatable bonds is 7. The van der Waals surface area contributed by atoms with Gasteiger partial charge < -0.3 is 9.30 Å². The normalized spacial score (nSPS) is 11.1. The monoisotopic (exact) mass is 403 g/mol. The van der Waals surface area contributed by atoms with Gasteiger partial charge in [-0.25, -0.2) is 0 Å². The SMILES string of the molecule is Cc1ccc(OC(F)F)c(C(=O)CSc2nnc(-c3ccccc3C)n2C)c1. The Morgan fingerprint density at radius 2 is 1.93 bits per heavy atom. The van der Waals surface area contributed by atoms with Crippen molar-refractivity contribution < 1.29 is 18.3 Å². The highest BCUT2D eigenvalue weighted by Gasteiger charge is 2.19. The van der Waals surface area contributed by atoms with Gasteiger partial charge in [0.15, 0.2) is 16.8 Å². The van der Waals surface area contributed by atoms with Crippen LogP contribution in [0.2, 0.25) is 0 Å². The summed E-state index contributed by atoms with van der Waals surface area (Å²) < 4.78 is 31.5. The summed E-state index contributed by atoms with van der Waals surface area (Å²) in [6.45, 7) is 0.785. The number of ether oxygens (including phenoxy) is 1. The Hall–Kier alpha value is -2.74. The van der Waals surface area contributed by atoms with Crippen LogP contribution >= 0.6 is 11.8 Å². The van der Waals surface area contributed by atoms with Crippen LogP contribution in [0.4, 0.5) is 8.78 Å². The molecular weight excluding hydrogens is 384 g/mol. The Morgan fingerprint density at radius 3 is 2.64 bits per heavy atom. The van der Waals surface area contributed by atoms with E-state index >= 15 is 0 Å². The van der Waals surface area contributed by atoms with E-state index < -0.39 is 6.61 Å². The van der Waals surface area contributed by atoms with Crippen molar-refractivity contribution in [1.82, 2.24) is 14.8 Å². The van der Waals surface area contributed by atoms with Gasteiger partial charge in [0, 0.05) is 12.6 Å². The van der Waals surface area contributed by atoms with Crippen molar-refractivity contribution in [1.29, 1.82) is 0 Å². The van der Waals surface area contributed by atoms with Gasteiger partial charge in [-0.2, -0.15) is 8.78 Å². The number of benzene rings is 2. The third-order valence-electron chi connectivity index (χ3n) is 4.20. The van der Waals surface area contributed by atoms with Gasteiger partial charge in [0.05, 0.1) is 11.3 Å². The Bertz CT molecular complexity index is 1000. The van der Waals surface area contributed by atoms with Crippen molar-refractivity contribution in [2.75, 3.05) is 5.75 Å². The fourth-order valence-electron chi connectivity index (χ4n) is 2.77. The quantitative estimate of drug-likeness (QED) is 0.424. The molecule has 1 aromatic heterocycles. The minimum absolute atomic E-state index is 0.0306. The summed E-state index contributed by atoms with van der Waals surface area (Å²) in [5, 5.41) is 8.95. The molecule has 0 amide bonds. The lowest BCUT2D eigenvalue weighted by Gasteiger charge is -2.11. The maximum atomic E-state index is 12.6. The summed E-state index contributed by atoms with van der Waals surface area (Å²) in [6.07, 6.45) is 0. The van der Waals surface area contributed by atoms with Gasteiger partial charge in [-0.15, -0.1) is 10.2 Å². The molecular formula is C20H19F2N3O2S. The van der Waals surface area contributed by atoms with E-state index in [0.29, 0.717) is 11.0 Å². The van der Waals surface area contributed by atoms with Crippen LogP contribution in [-0.4, -0.2) is 32.9 Å². The lowest BCUT2D eigenvalue weighted by molar-refractivity contribution is -0.0501. The number of carbonyl (C=O) groups is 1. The van der Waals surface area contributed by atoms with Crippen molar-refractivity contribution in [2.24, 2.45) is 7.05 Å². The zero-order chi connectivity index (χ0) is 20.3. The highest BCUT2D eigenvalue weighted by Crippen LogP contribution is 2.27. The molecule has 146 valence electrons. The molecule has 0 N–H and O–H groups in total. The smallest absolute Gasteiger partial charge is 0.387 e. The van der Waals surface area contributed by atoms with Crippen molar-refractivity contribution in [3.05, 3.63) is 59.2 Å². The molecule has 0 spiro atoms. The number of halogens is 2. The molecule has 5 nitrogen and oxygen atoms in total. The van der Waals surface area contributed by atoms with E-state index in [9.17, 15) is 13.6 Å². The molecule has 0 atom stereocenters. The topological polar surface area (TPSA) is 57.0 Å². The van der Waals surface area contributed by atoms with Crippen molar-refractivity contribution in [3.63, 3.8) is 0 Å². The van der Waals surface area contributed by atoms with Crippen LogP contribution in [0.15, 0.2) is 47.6 Å². The number of hydrogen-bond donors (Lipinski definition) is 0. The van der Waals surface area contributed by atoms with Crippen LogP contribution in [0.1, 0.15) is 21.5 Å². The number of hydrogen-bond acceptors (Lipinski definition) is 5. The largest absolute Gasteiger partial charge is 0.434 e. The minimum Gasteiger partial charge on any atom is -0.434 e. The van der Waals surface area contributed by atoms with Crippen LogP contribution in [0.5, 0.6) is 5.75 Å². The minimum atomic E-state index is -2.99. The number of aromatic nitrogens is 3. The van der Waals surface area contributed by atoms with Crippen molar-refractivity contribution in [3.8, 4) is 17.1 Å². The predicted octanol–water partition coefficient (Wildman–Crippen LogP) is 4.68. The second-order valence-corrected chi connectivity index (χ2v) is 7.21. The average molecular weight is 403 g/mol. The second kappa shape index (κ2) is 8.52. The Labute approximate surface area is 165 Å². The maximum Gasteiger partial charge on any atom is 0.387 e. The summed E-state index contributed by atoms with van der Waals surface area (Å²) in [5.74, 6) is 0.294. The number of ketones is 1. The van der Waals surface area contributed by atoms with Crippen LogP contribution in [0.3, 0.4) is 0 Å². The van der Waals surface area contributed by atoms with Crippen LogP contribution in [-0.2, 0) is 7.05 Å². The highest BCUT2D eigenvalue weighted by atomic mass is 32.2. The fraction of sp³-hybridized carbons (Fsp3) is 0.250. The van der Waals surface area contributed by atoms with Gasteiger partial charge in [-0.1, -0.05) is 47.7 Å². The molecule has 3 rings (SSSR count). The summed E-state index contributed by atoms with van der Waals surface area (Å²) >= 11 is 1.20. The standard InChI is InChI=1S/C20H19F2N3O2S/c1-12-8-9-17(27-19(21)22)15(10-12)16(26)11-28-20-24-23-18(25(20)3)14-7-5-4-6-13(14)2/h4-10,19H,11H2,1-3H3. The van der Waals surface area contributed by atoms with Crippen LogP contribution < -0.4 is 4.74 Å². The summed E-state index contributed by atoms with van der Waals surface area (Å²) in [6, 6.07) is 12.4. The Kier molecular flexibility index (Phi) is 6.08. The fourth-order valence-corrected chi connectivity index (χ4v) is 3.56. The first-order chi connectivity index (χ1) is 13.4. The zero-order valence-corrected chi connectivity index (χ0v) is 16.5. The zero-order valence-electron chi connectivity index (χ0n) is 15.6. The third-order valence-corrected chi connectivity index (χ3v) is 5.23. The van der Waals surface area contributed by atoms with Crippen LogP contribution in [0.25, 0.3) is 11.4 Å². The molecule has 0 fully saturated rings. The molecule has 8 heteroatoms. The lowest BCUT2D eigenvalue weighted by atomic mass is 10.1. The maximum absolute atomic E-state index is 12.6. The predicted molar refractivity (Wildman–Crippen MR) is 104 cm³/mol. The van der Waals surface area contributed by atoms with E-state index in [-0.39, 0.29) is 22.8 Å². The Morgan fingerprint density at radius 1 is 1.18 bits per heavy atom. The van der Waals surface area contributed by atoms with Gasteiger partial charge in [0.25, 0.3) is 0 Å². The molecule has 0 aliphatic rings. The molecule has 0 bridgehead atoms. The van der Waals surface area contributed by atoms with Gasteiger partial charge in [-0.05, 0) is 31.5 Å². The van der Waals surface area contributed by atoms with Crippen molar-refractivity contribution in [2.45, 2.75) is 25.6 Å². The number of aryl methyl sites for hydroxylation is 2. The van der Waals surface area contributed by atoms with Gasteiger partial charge in [0.1, 0.15) is 5.75 Å². The number of nitrogens with zero attached hydrogens (tertiary/aromatic N) is 3. The summed E-state index contributed by atoms with van der Waals surface area (Å²) in [7, 11) is 1.83. The van der Waals surface area contributed by atoms with E-state index in [4.69, 9.17) is 0 Å². The second-order valence-electron chi connectivity index (χ2n) is 6.27. The number of thioether (sulfide) groups is 1. The average Bonchev–Trinajstić information content (AvgIpc) is 3.01. The molecule has 0 saturated heterocycles. The van der Waals surface area contributed by atoms with E-state index in [1.165, 1.54) is 17.8 Å². The molecule has 0 saturated carbocycles. The summed E-state index contributed by atoms with van der Waals surface area (Å²) in [5.41, 5.74) is 2.95. The van der Waals surface area contributed by atoms with E-state index in [2.05, 4.69) is 14.9 Å². The van der Waals surface area contributed by atoms with E-state index in [0.717, 1.165) is 16.7 Å². The molecule has 0 radical (unpaired) electrons. The van der Waals surface area contributed by atoms with Crippen LogP contribution in [0, 0.1) is 13.8 Å². The number of Topliss-reactive ketones (excluding diaryl/α,β-unsaturated/α-hetero) is 1. The molecule has 3 aromatic rings. The molecule has 28 heavy (non-hydrogen) atoms. The molecule has 0 unspecified atom stereocenters. The first kappa shape index (κ1) is 20.0. The highest BCUT2D eigenvalue weighted by molar-refractivity contribution is 7.99. The first-order valence-electron chi connectivity index (χ1n) is 8.53. The van der Waals surface area contributed by atoms with E-state index in [1.807, 2.05) is 42.8 Å². The molecule has 1 heterocycles. The molecule has 0 aliphatic carbocycles. The van der Waals surface area contributed by atoms with Gasteiger partial charge >= 0.3 is 6.61 Å². The first-order valence-corrected chi connectivity index (χ1v) is 9.52. The van der Waals surface area contributed by atoms with Gasteiger partial charge in [0.2, 0.25) is 0 Å². The third kappa shape index (κ3) is 4.39. The molecule has 0 aliphatic heterocycles. The van der Waals surface area contributed by atoms with E-state index in [1.54, 1.807) is 19.1 Å².